The van der Waals surface area contributed by atoms with Crippen molar-refractivity contribution in [2.45, 2.75) is 38.3 Å². The Morgan fingerprint density at radius 1 is 1.04 bits per heavy atom. The summed E-state index contributed by atoms with van der Waals surface area (Å²) in [7, 11) is 3.48. The number of aromatic amines is 1. The Bertz CT molecular complexity index is 881. The average molecular weight is 346 g/mol. The molecule has 3 heterocycles. The number of H-pyrrole nitrogens is 1. The van der Waals surface area contributed by atoms with E-state index in [4.69, 9.17) is 0 Å². The predicted octanol–water partition coefficient (Wildman–Crippen LogP) is 0.0205. The number of rotatable bonds is 3. The number of piperazine rings is 1. The monoisotopic (exact) mass is 346 g/mol. The number of fused-ring (bicyclic) bond motifs is 1. The molecule has 2 aromatic heterocycles. The molecule has 4 rings (SSSR count). The summed E-state index contributed by atoms with van der Waals surface area (Å²) < 4.78 is 3.22. The minimum absolute atomic E-state index is 0.370. The van der Waals surface area contributed by atoms with Gasteiger partial charge in [-0.2, -0.15) is 0 Å². The zero-order valence-electron chi connectivity index (χ0n) is 15.0. The molecule has 8 nitrogen and oxygen atoms in total. The van der Waals surface area contributed by atoms with Gasteiger partial charge in [-0.25, -0.2) is 9.78 Å². The number of nitrogens with one attached hydrogen (secondary N) is 1. The zero-order chi connectivity index (χ0) is 17.6. The van der Waals surface area contributed by atoms with E-state index in [1.807, 2.05) is 11.6 Å². The van der Waals surface area contributed by atoms with E-state index in [0.717, 1.165) is 38.0 Å². The number of aryl methyl sites for hydroxylation is 2. The third-order valence-electron chi connectivity index (χ3n) is 5.84. The van der Waals surface area contributed by atoms with Gasteiger partial charge in [-0.1, -0.05) is 12.8 Å². The van der Waals surface area contributed by atoms with Crippen molar-refractivity contribution in [2.24, 2.45) is 14.1 Å². The van der Waals surface area contributed by atoms with Crippen LogP contribution in [0.2, 0.25) is 0 Å². The molecule has 0 aromatic carbocycles. The molecule has 0 unspecified atom stereocenters. The molecule has 2 fully saturated rings. The third-order valence-corrected chi connectivity index (χ3v) is 5.84. The van der Waals surface area contributed by atoms with Crippen LogP contribution in [0, 0.1) is 0 Å². The summed E-state index contributed by atoms with van der Waals surface area (Å²) >= 11 is 0. The molecule has 1 saturated heterocycles. The molecule has 0 amide bonds. The maximum atomic E-state index is 12.1. The molecule has 0 bridgehead atoms. The largest absolute Gasteiger partial charge is 0.329 e. The van der Waals surface area contributed by atoms with E-state index >= 15 is 0 Å². The van der Waals surface area contributed by atoms with Gasteiger partial charge in [0.05, 0.1) is 6.54 Å². The molecule has 2 aromatic rings. The van der Waals surface area contributed by atoms with Crippen molar-refractivity contribution >= 4 is 11.2 Å². The highest BCUT2D eigenvalue weighted by Gasteiger charge is 2.27. The Labute approximate surface area is 146 Å². The van der Waals surface area contributed by atoms with Crippen LogP contribution in [-0.2, 0) is 20.6 Å². The fourth-order valence-electron chi connectivity index (χ4n) is 4.25. The molecule has 0 radical (unpaired) electrons. The van der Waals surface area contributed by atoms with Crippen LogP contribution in [0.4, 0.5) is 0 Å². The first-order valence-corrected chi connectivity index (χ1v) is 9.15. The summed E-state index contributed by atoms with van der Waals surface area (Å²) in [5, 5.41) is 0. The molecule has 0 spiro atoms. The van der Waals surface area contributed by atoms with E-state index in [0.29, 0.717) is 17.7 Å². The van der Waals surface area contributed by atoms with Crippen LogP contribution in [0.15, 0.2) is 9.59 Å². The molecule has 1 saturated carbocycles. The second-order valence-electron chi connectivity index (χ2n) is 7.33. The Kier molecular flexibility index (Phi) is 4.24. The van der Waals surface area contributed by atoms with Gasteiger partial charge >= 0.3 is 5.69 Å². The van der Waals surface area contributed by atoms with E-state index in [1.54, 1.807) is 7.05 Å². The van der Waals surface area contributed by atoms with Gasteiger partial charge in [-0.3, -0.25) is 24.1 Å². The van der Waals surface area contributed by atoms with Crippen molar-refractivity contribution in [1.82, 2.24) is 28.9 Å². The zero-order valence-corrected chi connectivity index (χ0v) is 15.0. The normalized spacial score (nSPS) is 20.7. The highest BCUT2D eigenvalue weighted by atomic mass is 16.2. The first kappa shape index (κ1) is 16.5. The minimum atomic E-state index is -0.424. The summed E-state index contributed by atoms with van der Waals surface area (Å²) in [5.74, 6) is 0.830. The number of hydrogen-bond acceptors (Lipinski definition) is 5. The van der Waals surface area contributed by atoms with Gasteiger partial charge < -0.3 is 4.57 Å². The van der Waals surface area contributed by atoms with Gasteiger partial charge in [-0.15, -0.1) is 0 Å². The van der Waals surface area contributed by atoms with E-state index < -0.39 is 5.69 Å². The molecule has 0 atom stereocenters. The van der Waals surface area contributed by atoms with Crippen LogP contribution in [0.3, 0.4) is 0 Å². The number of nitrogens with zero attached hydrogens (tertiary/aromatic N) is 5. The lowest BCUT2D eigenvalue weighted by Gasteiger charge is -2.37. The first-order valence-electron chi connectivity index (χ1n) is 9.15. The van der Waals surface area contributed by atoms with Crippen molar-refractivity contribution in [3.63, 3.8) is 0 Å². The van der Waals surface area contributed by atoms with Gasteiger partial charge in [0.25, 0.3) is 5.56 Å². The first-order chi connectivity index (χ1) is 12.0. The molecule has 1 aliphatic heterocycles. The lowest BCUT2D eigenvalue weighted by Crippen LogP contribution is -2.49. The van der Waals surface area contributed by atoms with Gasteiger partial charge in [-0.05, 0) is 12.8 Å². The highest BCUT2D eigenvalue weighted by Crippen LogP contribution is 2.24. The summed E-state index contributed by atoms with van der Waals surface area (Å²) in [6.07, 6.45) is 5.44. The van der Waals surface area contributed by atoms with E-state index in [9.17, 15) is 9.59 Å². The van der Waals surface area contributed by atoms with Crippen LogP contribution in [0.25, 0.3) is 11.2 Å². The molecule has 1 aliphatic carbocycles. The highest BCUT2D eigenvalue weighted by molar-refractivity contribution is 5.70. The topological polar surface area (TPSA) is 79.2 Å². The smallest absolute Gasteiger partial charge is 0.324 e. The van der Waals surface area contributed by atoms with Crippen molar-refractivity contribution in [3.8, 4) is 0 Å². The third kappa shape index (κ3) is 2.93. The lowest BCUT2D eigenvalue weighted by molar-refractivity contribution is 0.0917. The van der Waals surface area contributed by atoms with Gasteiger partial charge in [0, 0.05) is 46.3 Å². The number of hydrogen-bond donors (Lipinski definition) is 1. The Hall–Kier alpha value is -1.93. The summed E-state index contributed by atoms with van der Waals surface area (Å²) in [6.45, 7) is 4.96. The second kappa shape index (κ2) is 6.42. The number of aromatic nitrogens is 4. The van der Waals surface area contributed by atoms with Crippen LogP contribution in [-0.4, -0.2) is 61.1 Å². The van der Waals surface area contributed by atoms with E-state index in [2.05, 4.69) is 19.8 Å². The Morgan fingerprint density at radius 2 is 1.72 bits per heavy atom. The van der Waals surface area contributed by atoms with Gasteiger partial charge in [0.2, 0.25) is 0 Å². The quantitative estimate of drug-likeness (QED) is 0.848. The molecular formula is C17H26N6O2. The van der Waals surface area contributed by atoms with Gasteiger partial charge in [0.1, 0.15) is 5.82 Å². The SMILES string of the molecule is Cn1c(CN2CCN(C3CCCC3)CC2)nc2c1c(=O)[nH]c(=O)n2C. The van der Waals surface area contributed by atoms with Crippen molar-refractivity contribution in [2.75, 3.05) is 26.2 Å². The maximum Gasteiger partial charge on any atom is 0.329 e. The Morgan fingerprint density at radius 3 is 2.40 bits per heavy atom. The standard InChI is InChI=1S/C17H26N6O2/c1-20-13(18-15-14(20)16(24)19-17(25)21(15)2)11-22-7-9-23(10-8-22)12-5-3-4-6-12/h12H,3-11H2,1-2H3,(H,19,24,25). The Balaban J connectivity index is 1.51. The van der Waals surface area contributed by atoms with E-state index in [1.165, 1.54) is 30.3 Å². The summed E-state index contributed by atoms with van der Waals surface area (Å²) in [6, 6.07) is 0.783. The molecular weight excluding hydrogens is 320 g/mol. The molecule has 136 valence electrons. The van der Waals surface area contributed by atoms with Crippen LogP contribution in [0.5, 0.6) is 0 Å². The summed E-state index contributed by atoms with van der Waals surface area (Å²) in [5.41, 5.74) is 0.121. The molecule has 2 aliphatic rings. The van der Waals surface area contributed by atoms with Gasteiger partial charge in [0.15, 0.2) is 11.2 Å². The van der Waals surface area contributed by atoms with Crippen molar-refractivity contribution < 1.29 is 0 Å². The minimum Gasteiger partial charge on any atom is -0.324 e. The second-order valence-corrected chi connectivity index (χ2v) is 7.33. The molecule has 25 heavy (non-hydrogen) atoms. The fraction of sp³-hybridized carbons (Fsp3) is 0.706. The maximum absolute atomic E-state index is 12.1. The predicted molar refractivity (Wildman–Crippen MR) is 95.7 cm³/mol. The van der Waals surface area contributed by atoms with Crippen molar-refractivity contribution in [1.29, 1.82) is 0 Å². The fourth-order valence-corrected chi connectivity index (χ4v) is 4.25. The van der Waals surface area contributed by atoms with Crippen LogP contribution < -0.4 is 11.2 Å². The molecule has 1 N–H and O–H groups in total. The lowest BCUT2D eigenvalue weighted by atomic mass is 10.2. The summed E-state index contributed by atoms with van der Waals surface area (Å²) in [4.78, 5) is 35.8. The van der Waals surface area contributed by atoms with Crippen LogP contribution in [0.1, 0.15) is 31.5 Å². The van der Waals surface area contributed by atoms with Crippen LogP contribution >= 0.6 is 0 Å². The number of imidazole rings is 1. The molecule has 8 heteroatoms. The van der Waals surface area contributed by atoms with Crippen molar-refractivity contribution in [3.05, 3.63) is 26.7 Å². The average Bonchev–Trinajstić information content (AvgIpc) is 3.23. The van der Waals surface area contributed by atoms with E-state index in [-0.39, 0.29) is 5.56 Å².